The van der Waals surface area contributed by atoms with Crippen LogP contribution in [0, 0.1) is 5.92 Å². The molecule has 0 saturated heterocycles. The highest BCUT2D eigenvalue weighted by Crippen LogP contribution is 2.42. The van der Waals surface area contributed by atoms with Crippen molar-refractivity contribution in [3.8, 4) is 11.5 Å². The minimum Gasteiger partial charge on any atom is -0.496 e. The van der Waals surface area contributed by atoms with Gasteiger partial charge in [-0.1, -0.05) is 31.4 Å². The largest absolute Gasteiger partial charge is 0.496 e. The molecule has 0 heterocycles. The molecule has 0 fully saturated rings. The second-order valence-corrected chi connectivity index (χ2v) is 7.07. The fourth-order valence-electron chi connectivity index (χ4n) is 3.39. The highest BCUT2D eigenvalue weighted by molar-refractivity contribution is 5.73. The Morgan fingerprint density at radius 1 is 1.22 bits per heavy atom. The van der Waals surface area contributed by atoms with Crippen LogP contribution in [0.15, 0.2) is 36.9 Å². The van der Waals surface area contributed by atoms with E-state index in [2.05, 4.69) is 20.1 Å². The van der Waals surface area contributed by atoms with E-state index in [9.17, 15) is 9.90 Å². The van der Waals surface area contributed by atoms with Crippen LogP contribution in [0.25, 0.3) is 0 Å². The molecular weight excluding hydrogens is 340 g/mol. The molecule has 0 aliphatic rings. The van der Waals surface area contributed by atoms with E-state index < -0.39 is 17.8 Å². The van der Waals surface area contributed by atoms with Crippen LogP contribution in [0.4, 0.5) is 0 Å². The molecule has 0 radical (unpaired) electrons. The molecule has 0 aliphatic carbocycles. The number of methoxy groups -OCH3 is 2. The SMILES string of the molecule is C=C[C@@H](c1c(OC)cc(CCCCC)cc1OC)[C@@H](CCC(=C)C)C(=O)O. The molecule has 0 amide bonds. The third kappa shape index (κ3) is 6.46. The van der Waals surface area contributed by atoms with Crippen LogP contribution in [-0.4, -0.2) is 25.3 Å². The number of rotatable bonds is 13. The first-order valence-corrected chi connectivity index (χ1v) is 9.64. The zero-order valence-electron chi connectivity index (χ0n) is 17.2. The molecule has 0 aromatic heterocycles. The maximum absolute atomic E-state index is 12.0. The van der Waals surface area contributed by atoms with Gasteiger partial charge in [-0.25, -0.2) is 0 Å². The topological polar surface area (TPSA) is 55.8 Å². The van der Waals surface area contributed by atoms with Crippen molar-refractivity contribution >= 4 is 5.97 Å². The van der Waals surface area contributed by atoms with E-state index in [4.69, 9.17) is 9.47 Å². The van der Waals surface area contributed by atoms with E-state index in [0.29, 0.717) is 24.3 Å². The van der Waals surface area contributed by atoms with Gasteiger partial charge in [-0.05, 0) is 50.3 Å². The number of aryl methyl sites for hydroxylation is 1. The molecular formula is C23H34O4. The lowest BCUT2D eigenvalue weighted by Gasteiger charge is -2.26. The zero-order chi connectivity index (χ0) is 20.4. The van der Waals surface area contributed by atoms with Gasteiger partial charge in [-0.15, -0.1) is 13.2 Å². The number of carbonyl (C=O) groups is 1. The smallest absolute Gasteiger partial charge is 0.307 e. The maximum atomic E-state index is 12.0. The first-order valence-electron chi connectivity index (χ1n) is 9.64. The summed E-state index contributed by atoms with van der Waals surface area (Å²) in [6.45, 7) is 11.9. The van der Waals surface area contributed by atoms with Crippen molar-refractivity contribution in [2.45, 2.75) is 58.3 Å². The first-order chi connectivity index (χ1) is 12.9. The van der Waals surface area contributed by atoms with Gasteiger partial charge in [0.2, 0.25) is 0 Å². The van der Waals surface area contributed by atoms with Gasteiger partial charge in [-0.2, -0.15) is 0 Å². The Hall–Kier alpha value is -2.23. The van der Waals surface area contributed by atoms with E-state index >= 15 is 0 Å². The predicted octanol–water partition coefficient (Wildman–Crippen LogP) is 5.76. The van der Waals surface area contributed by atoms with Gasteiger partial charge in [0.1, 0.15) is 11.5 Å². The highest BCUT2D eigenvalue weighted by atomic mass is 16.5. The third-order valence-electron chi connectivity index (χ3n) is 4.89. The summed E-state index contributed by atoms with van der Waals surface area (Å²) < 4.78 is 11.3. The molecule has 0 aliphatic heterocycles. The standard InChI is InChI=1S/C23H34O4/c1-7-9-10-11-17-14-20(26-5)22(21(15-17)27-6)18(8-2)19(23(24)25)13-12-16(3)4/h8,14-15,18-19H,2-3,7,9-13H2,1,4-6H3,(H,24,25)/t18-,19-/m1/s1. The molecule has 1 rings (SSSR count). The molecule has 27 heavy (non-hydrogen) atoms. The molecule has 150 valence electrons. The van der Waals surface area contributed by atoms with Gasteiger partial charge in [0.25, 0.3) is 0 Å². The summed E-state index contributed by atoms with van der Waals surface area (Å²) in [7, 11) is 3.22. The van der Waals surface area contributed by atoms with Gasteiger partial charge in [0.15, 0.2) is 0 Å². The van der Waals surface area contributed by atoms with E-state index in [1.54, 1.807) is 20.3 Å². The Labute approximate surface area is 163 Å². The number of allylic oxidation sites excluding steroid dienone is 2. The van der Waals surface area contributed by atoms with Crippen LogP contribution in [0.5, 0.6) is 11.5 Å². The fraction of sp³-hybridized carbons (Fsp3) is 0.522. The summed E-state index contributed by atoms with van der Waals surface area (Å²) in [6.07, 6.45) is 7.21. The summed E-state index contributed by atoms with van der Waals surface area (Å²) >= 11 is 0. The van der Waals surface area contributed by atoms with Gasteiger partial charge < -0.3 is 14.6 Å². The normalized spacial score (nSPS) is 12.9. The average molecular weight is 375 g/mol. The van der Waals surface area contributed by atoms with Gasteiger partial charge in [0, 0.05) is 11.5 Å². The zero-order valence-corrected chi connectivity index (χ0v) is 17.2. The number of ether oxygens (including phenoxy) is 2. The molecule has 1 aromatic rings. The van der Waals surface area contributed by atoms with Crippen molar-refractivity contribution < 1.29 is 19.4 Å². The van der Waals surface area contributed by atoms with E-state index in [1.807, 2.05) is 19.1 Å². The van der Waals surface area contributed by atoms with Crippen LogP contribution in [0.3, 0.4) is 0 Å². The van der Waals surface area contributed by atoms with Crippen molar-refractivity contribution in [2.75, 3.05) is 14.2 Å². The highest BCUT2D eigenvalue weighted by Gasteiger charge is 2.31. The Bertz CT molecular complexity index is 623. The van der Waals surface area contributed by atoms with Gasteiger partial charge >= 0.3 is 5.97 Å². The van der Waals surface area contributed by atoms with Crippen LogP contribution in [0.2, 0.25) is 0 Å². The quantitative estimate of drug-likeness (QED) is 0.352. The first kappa shape index (κ1) is 22.8. The molecule has 1 N–H and O–H groups in total. The lowest BCUT2D eigenvalue weighted by molar-refractivity contribution is -0.142. The van der Waals surface area contributed by atoms with Crippen molar-refractivity contribution in [1.82, 2.24) is 0 Å². The number of aliphatic carboxylic acids is 1. The molecule has 2 atom stereocenters. The monoisotopic (exact) mass is 374 g/mol. The van der Waals surface area contributed by atoms with Crippen molar-refractivity contribution in [3.05, 3.63) is 48.1 Å². The van der Waals surface area contributed by atoms with Crippen LogP contribution in [0.1, 0.15) is 63.0 Å². The third-order valence-corrected chi connectivity index (χ3v) is 4.89. The molecule has 4 nitrogen and oxygen atoms in total. The number of hydrogen-bond donors (Lipinski definition) is 1. The summed E-state index contributed by atoms with van der Waals surface area (Å²) in [6, 6.07) is 4.00. The molecule has 0 saturated carbocycles. The summed E-state index contributed by atoms with van der Waals surface area (Å²) in [5.41, 5.74) is 2.86. The fourth-order valence-corrected chi connectivity index (χ4v) is 3.39. The second kappa shape index (κ2) is 11.5. The molecule has 4 heteroatoms. The van der Waals surface area contributed by atoms with E-state index in [-0.39, 0.29) is 0 Å². The average Bonchev–Trinajstić information content (AvgIpc) is 2.64. The van der Waals surface area contributed by atoms with Crippen molar-refractivity contribution in [3.63, 3.8) is 0 Å². The van der Waals surface area contributed by atoms with Crippen molar-refractivity contribution in [2.24, 2.45) is 5.92 Å². The van der Waals surface area contributed by atoms with Crippen LogP contribution >= 0.6 is 0 Å². The van der Waals surface area contributed by atoms with Gasteiger partial charge in [0.05, 0.1) is 20.1 Å². The number of unbranched alkanes of at least 4 members (excludes halogenated alkanes) is 2. The van der Waals surface area contributed by atoms with Crippen LogP contribution < -0.4 is 9.47 Å². The lowest BCUT2D eigenvalue weighted by atomic mass is 9.81. The molecule has 0 spiro atoms. The summed E-state index contributed by atoms with van der Waals surface area (Å²) in [5, 5.41) is 9.81. The number of benzene rings is 1. The minimum atomic E-state index is -0.850. The Kier molecular flexibility index (Phi) is 9.70. The lowest BCUT2D eigenvalue weighted by Crippen LogP contribution is -2.22. The number of carboxylic acid groups (broad SMARTS) is 1. The summed E-state index contributed by atoms with van der Waals surface area (Å²) in [4.78, 5) is 12.0. The van der Waals surface area contributed by atoms with Crippen LogP contribution in [-0.2, 0) is 11.2 Å². The second-order valence-electron chi connectivity index (χ2n) is 7.07. The van der Waals surface area contributed by atoms with Crippen molar-refractivity contribution in [1.29, 1.82) is 0 Å². The molecule has 0 unspecified atom stereocenters. The minimum absolute atomic E-state index is 0.406. The van der Waals surface area contributed by atoms with E-state index in [0.717, 1.165) is 36.0 Å². The Balaban J connectivity index is 3.33. The summed E-state index contributed by atoms with van der Waals surface area (Å²) in [5.74, 6) is -0.554. The molecule has 0 bridgehead atoms. The predicted molar refractivity (Wildman–Crippen MR) is 111 cm³/mol. The number of carboxylic acids is 1. The Morgan fingerprint density at radius 3 is 2.22 bits per heavy atom. The van der Waals surface area contributed by atoms with E-state index in [1.165, 1.54) is 6.42 Å². The van der Waals surface area contributed by atoms with Gasteiger partial charge in [-0.3, -0.25) is 4.79 Å². The molecule has 1 aromatic carbocycles. The Morgan fingerprint density at radius 2 is 1.81 bits per heavy atom. The number of hydrogen-bond acceptors (Lipinski definition) is 3. The maximum Gasteiger partial charge on any atom is 0.307 e.